The van der Waals surface area contributed by atoms with Crippen LogP contribution in [0.3, 0.4) is 0 Å². The Kier molecular flexibility index (Phi) is 4.13. The van der Waals surface area contributed by atoms with Crippen LogP contribution in [0.15, 0.2) is 21.2 Å². The first kappa shape index (κ1) is 14.8. The molecule has 4 rings (SSSR count). The van der Waals surface area contributed by atoms with E-state index >= 15 is 0 Å². The third-order valence-electron chi connectivity index (χ3n) is 4.46. The summed E-state index contributed by atoms with van der Waals surface area (Å²) in [5, 5.41) is 15.4. The van der Waals surface area contributed by atoms with Crippen LogP contribution in [0.25, 0.3) is 11.5 Å². The van der Waals surface area contributed by atoms with Crippen LogP contribution < -0.4 is 5.32 Å². The second-order valence-electron chi connectivity index (χ2n) is 6.35. The number of likely N-dealkylation sites (tertiary alicyclic amines) is 1. The normalized spacial score (nSPS) is 19.8. The van der Waals surface area contributed by atoms with Crippen molar-refractivity contribution in [1.29, 1.82) is 0 Å². The average Bonchev–Trinajstić information content (AvgIpc) is 3.06. The lowest BCUT2D eigenvalue weighted by molar-refractivity contribution is -0.122. The van der Waals surface area contributed by atoms with Crippen molar-refractivity contribution >= 4 is 17.2 Å². The Morgan fingerprint density at radius 1 is 1.30 bits per heavy atom. The summed E-state index contributed by atoms with van der Waals surface area (Å²) in [6.45, 7) is 2.31. The highest BCUT2D eigenvalue weighted by Gasteiger charge is 2.28. The van der Waals surface area contributed by atoms with E-state index < -0.39 is 0 Å². The van der Waals surface area contributed by atoms with Gasteiger partial charge in [0, 0.05) is 22.9 Å². The molecule has 23 heavy (non-hydrogen) atoms. The highest BCUT2D eigenvalue weighted by Crippen LogP contribution is 2.29. The van der Waals surface area contributed by atoms with Gasteiger partial charge in [-0.2, -0.15) is 11.3 Å². The summed E-state index contributed by atoms with van der Waals surface area (Å²) in [5.74, 6) is 1.79. The van der Waals surface area contributed by atoms with E-state index in [-0.39, 0.29) is 5.91 Å². The first-order chi connectivity index (χ1) is 11.3. The summed E-state index contributed by atoms with van der Waals surface area (Å²) >= 11 is 1.62. The van der Waals surface area contributed by atoms with E-state index in [0.717, 1.165) is 50.2 Å². The molecule has 0 aromatic carbocycles. The lowest BCUT2D eigenvalue weighted by Gasteiger charge is -2.29. The molecule has 2 aromatic rings. The van der Waals surface area contributed by atoms with Gasteiger partial charge in [0.25, 0.3) is 0 Å². The second-order valence-corrected chi connectivity index (χ2v) is 7.13. The number of carbonyl (C=O) groups is 1. The first-order valence-corrected chi connectivity index (χ1v) is 9.10. The van der Waals surface area contributed by atoms with Gasteiger partial charge >= 0.3 is 0 Å². The topological polar surface area (TPSA) is 71.3 Å². The minimum Gasteiger partial charge on any atom is -0.420 e. The Balaban J connectivity index is 1.30. The Hall–Kier alpha value is -1.73. The standard InChI is InChI=1S/C16H20N4O2S/c21-14(17-13-1-2-13)9-20-6-3-11(4-7-20)15-18-19-16(22-15)12-5-8-23-10-12/h5,8,10-11,13H,1-4,6-7,9H2,(H,17,21). The van der Waals surface area contributed by atoms with Gasteiger partial charge in [-0.1, -0.05) is 0 Å². The van der Waals surface area contributed by atoms with Gasteiger partial charge in [0.2, 0.25) is 17.7 Å². The molecule has 2 aliphatic rings. The lowest BCUT2D eigenvalue weighted by Crippen LogP contribution is -2.41. The zero-order chi connectivity index (χ0) is 15.6. The van der Waals surface area contributed by atoms with Gasteiger partial charge in [-0.3, -0.25) is 9.69 Å². The number of aromatic nitrogens is 2. The van der Waals surface area contributed by atoms with E-state index in [1.807, 2.05) is 16.8 Å². The van der Waals surface area contributed by atoms with Gasteiger partial charge in [0.15, 0.2) is 0 Å². The fourth-order valence-corrected chi connectivity index (χ4v) is 3.57. The number of rotatable bonds is 5. The Morgan fingerprint density at radius 3 is 2.83 bits per heavy atom. The van der Waals surface area contributed by atoms with Crippen molar-refractivity contribution in [1.82, 2.24) is 20.4 Å². The maximum atomic E-state index is 11.9. The number of hydrogen-bond donors (Lipinski definition) is 1. The molecule has 0 spiro atoms. The maximum absolute atomic E-state index is 11.9. The molecule has 3 heterocycles. The van der Waals surface area contributed by atoms with E-state index in [4.69, 9.17) is 4.42 Å². The summed E-state index contributed by atoms with van der Waals surface area (Å²) in [5.41, 5.74) is 0.989. The fourth-order valence-electron chi connectivity index (χ4n) is 2.94. The van der Waals surface area contributed by atoms with E-state index in [9.17, 15) is 4.79 Å². The predicted octanol–water partition coefficient (Wildman–Crippen LogP) is 2.26. The molecule has 1 saturated heterocycles. The second kappa shape index (κ2) is 6.41. The number of thiophene rings is 1. The van der Waals surface area contributed by atoms with Gasteiger partial charge in [0.05, 0.1) is 6.54 Å². The zero-order valence-corrected chi connectivity index (χ0v) is 13.7. The quantitative estimate of drug-likeness (QED) is 0.909. The molecule has 7 heteroatoms. The van der Waals surface area contributed by atoms with Crippen molar-refractivity contribution in [3.63, 3.8) is 0 Å². The van der Waals surface area contributed by atoms with Crippen LogP contribution in [-0.2, 0) is 4.79 Å². The van der Waals surface area contributed by atoms with Crippen LogP contribution in [-0.4, -0.2) is 46.7 Å². The van der Waals surface area contributed by atoms with Gasteiger partial charge in [-0.15, -0.1) is 10.2 Å². The molecule has 0 radical (unpaired) electrons. The smallest absolute Gasteiger partial charge is 0.248 e. The number of carbonyl (C=O) groups excluding carboxylic acids is 1. The van der Waals surface area contributed by atoms with Crippen LogP contribution >= 0.6 is 11.3 Å². The highest BCUT2D eigenvalue weighted by atomic mass is 32.1. The largest absolute Gasteiger partial charge is 0.420 e. The van der Waals surface area contributed by atoms with Gasteiger partial charge in [-0.05, 0) is 50.2 Å². The number of piperidine rings is 1. The van der Waals surface area contributed by atoms with Crippen LogP contribution in [0.1, 0.15) is 37.5 Å². The van der Waals surface area contributed by atoms with Crippen molar-refractivity contribution in [3.05, 3.63) is 22.7 Å². The van der Waals surface area contributed by atoms with Gasteiger partial charge < -0.3 is 9.73 Å². The Bertz CT molecular complexity index is 657. The molecular formula is C16H20N4O2S. The van der Waals surface area contributed by atoms with Crippen molar-refractivity contribution in [2.24, 2.45) is 0 Å². The molecule has 2 aromatic heterocycles. The number of nitrogens with zero attached hydrogens (tertiary/aromatic N) is 3. The van der Waals surface area contributed by atoms with Crippen LogP contribution in [0.2, 0.25) is 0 Å². The SMILES string of the molecule is O=C(CN1CCC(c2nnc(-c3ccsc3)o2)CC1)NC1CC1. The average molecular weight is 332 g/mol. The van der Waals surface area contributed by atoms with E-state index in [1.54, 1.807) is 11.3 Å². The molecule has 1 aliphatic carbocycles. The summed E-state index contributed by atoms with van der Waals surface area (Å²) in [7, 11) is 0. The molecule has 1 N–H and O–H groups in total. The molecular weight excluding hydrogens is 312 g/mol. The number of nitrogens with one attached hydrogen (secondary N) is 1. The molecule has 1 saturated carbocycles. The lowest BCUT2D eigenvalue weighted by atomic mass is 9.97. The molecule has 0 bridgehead atoms. The zero-order valence-electron chi connectivity index (χ0n) is 12.9. The van der Waals surface area contributed by atoms with Crippen LogP contribution in [0.4, 0.5) is 0 Å². The third-order valence-corrected chi connectivity index (χ3v) is 5.14. The van der Waals surface area contributed by atoms with Crippen molar-refractivity contribution in [2.45, 2.75) is 37.6 Å². The minimum absolute atomic E-state index is 0.156. The molecule has 0 unspecified atom stereocenters. The van der Waals surface area contributed by atoms with E-state index in [1.165, 1.54) is 0 Å². The molecule has 2 fully saturated rings. The molecule has 6 nitrogen and oxygen atoms in total. The van der Waals surface area contributed by atoms with Crippen LogP contribution in [0.5, 0.6) is 0 Å². The van der Waals surface area contributed by atoms with Crippen LogP contribution in [0, 0.1) is 0 Å². The van der Waals surface area contributed by atoms with Gasteiger partial charge in [-0.25, -0.2) is 0 Å². The summed E-state index contributed by atoms with van der Waals surface area (Å²) in [6, 6.07) is 2.43. The molecule has 1 amide bonds. The van der Waals surface area contributed by atoms with Gasteiger partial charge in [0.1, 0.15) is 0 Å². The Labute approximate surface area is 138 Å². The summed E-state index contributed by atoms with van der Waals surface area (Å²) < 4.78 is 5.83. The van der Waals surface area contributed by atoms with E-state index in [2.05, 4.69) is 20.4 Å². The number of amides is 1. The van der Waals surface area contributed by atoms with Crippen molar-refractivity contribution in [3.8, 4) is 11.5 Å². The maximum Gasteiger partial charge on any atom is 0.248 e. The molecule has 0 atom stereocenters. The fraction of sp³-hybridized carbons (Fsp3) is 0.562. The summed E-state index contributed by atoms with van der Waals surface area (Å²) in [4.78, 5) is 14.1. The minimum atomic E-state index is 0.156. The molecule has 122 valence electrons. The Morgan fingerprint density at radius 2 is 2.13 bits per heavy atom. The monoisotopic (exact) mass is 332 g/mol. The van der Waals surface area contributed by atoms with Crippen molar-refractivity contribution < 1.29 is 9.21 Å². The predicted molar refractivity (Wildman–Crippen MR) is 87.2 cm³/mol. The van der Waals surface area contributed by atoms with Crippen molar-refractivity contribution in [2.75, 3.05) is 19.6 Å². The first-order valence-electron chi connectivity index (χ1n) is 8.15. The third kappa shape index (κ3) is 3.61. The number of hydrogen-bond acceptors (Lipinski definition) is 6. The summed E-state index contributed by atoms with van der Waals surface area (Å²) in [6.07, 6.45) is 4.19. The highest BCUT2D eigenvalue weighted by molar-refractivity contribution is 7.08. The van der Waals surface area contributed by atoms with E-state index in [0.29, 0.717) is 24.4 Å². The molecule has 1 aliphatic heterocycles.